The van der Waals surface area contributed by atoms with Crippen molar-refractivity contribution in [3.8, 4) is 6.07 Å². The highest BCUT2D eigenvalue weighted by Gasteiger charge is 2.26. The molecular weight excluding hydrogens is 360 g/mol. The predicted octanol–water partition coefficient (Wildman–Crippen LogP) is 2.15. The molecular formula is C20H22N4O4. The van der Waals surface area contributed by atoms with Crippen molar-refractivity contribution in [1.82, 2.24) is 9.78 Å². The average molecular weight is 382 g/mol. The molecule has 0 aliphatic heterocycles. The van der Waals surface area contributed by atoms with Crippen LogP contribution in [-0.4, -0.2) is 34.3 Å². The third-order valence-corrected chi connectivity index (χ3v) is 3.92. The van der Waals surface area contributed by atoms with E-state index in [0.29, 0.717) is 18.7 Å². The normalized spacial score (nSPS) is 11.3. The Hall–Kier alpha value is -3.47. The fourth-order valence-corrected chi connectivity index (χ4v) is 2.56. The lowest BCUT2D eigenvalue weighted by molar-refractivity contribution is -0.126. The van der Waals surface area contributed by atoms with Gasteiger partial charge < -0.3 is 9.64 Å². The molecule has 0 spiro atoms. The highest BCUT2D eigenvalue weighted by atomic mass is 16.5. The summed E-state index contributed by atoms with van der Waals surface area (Å²) in [4.78, 5) is 38.3. The molecule has 1 amide bonds. The summed E-state index contributed by atoms with van der Waals surface area (Å²) in [7, 11) is 0. The number of hydrogen-bond acceptors (Lipinski definition) is 6. The summed E-state index contributed by atoms with van der Waals surface area (Å²) in [6.07, 6.45) is -0.254. The summed E-state index contributed by atoms with van der Waals surface area (Å²) in [5, 5.41) is 12.8. The molecule has 28 heavy (non-hydrogen) atoms. The molecule has 0 bridgehead atoms. The number of aryl methyl sites for hydroxylation is 1. The van der Waals surface area contributed by atoms with Gasteiger partial charge in [-0.25, -0.2) is 9.48 Å². The third kappa shape index (κ3) is 5.27. The van der Waals surface area contributed by atoms with Crippen LogP contribution >= 0.6 is 0 Å². The van der Waals surface area contributed by atoms with E-state index in [-0.39, 0.29) is 24.2 Å². The number of benzene rings is 1. The number of carbonyl (C=O) groups is 2. The number of nitrogens with zero attached hydrogens (tertiary/aromatic N) is 4. The molecule has 0 N–H and O–H groups in total. The maximum absolute atomic E-state index is 12.8. The van der Waals surface area contributed by atoms with Crippen LogP contribution in [0.5, 0.6) is 0 Å². The Kier molecular flexibility index (Phi) is 7.45. The van der Waals surface area contributed by atoms with E-state index in [1.54, 1.807) is 24.3 Å². The minimum absolute atomic E-state index is 0.0454. The zero-order chi connectivity index (χ0) is 20.5. The molecule has 0 radical (unpaired) electrons. The van der Waals surface area contributed by atoms with Gasteiger partial charge >= 0.3 is 5.97 Å². The van der Waals surface area contributed by atoms with Gasteiger partial charge in [0.1, 0.15) is 0 Å². The molecule has 0 aliphatic carbocycles. The summed E-state index contributed by atoms with van der Waals surface area (Å²) in [6, 6.07) is 13.4. The second-order valence-electron chi connectivity index (χ2n) is 6.06. The summed E-state index contributed by atoms with van der Waals surface area (Å²) < 4.78 is 6.45. The van der Waals surface area contributed by atoms with Gasteiger partial charge in [-0.2, -0.15) is 10.4 Å². The first kappa shape index (κ1) is 20.8. The monoisotopic (exact) mass is 382 g/mol. The van der Waals surface area contributed by atoms with Gasteiger partial charge in [-0.1, -0.05) is 25.1 Å². The molecule has 1 heterocycles. The fourth-order valence-electron chi connectivity index (χ4n) is 2.56. The summed E-state index contributed by atoms with van der Waals surface area (Å²) in [6.45, 7) is 3.91. The molecule has 0 fully saturated rings. The van der Waals surface area contributed by atoms with Crippen LogP contribution in [0.1, 0.15) is 37.2 Å². The second-order valence-corrected chi connectivity index (χ2v) is 6.06. The van der Waals surface area contributed by atoms with Crippen LogP contribution in [0.2, 0.25) is 0 Å². The van der Waals surface area contributed by atoms with Gasteiger partial charge in [0.25, 0.3) is 11.5 Å². The average Bonchev–Trinajstić information content (AvgIpc) is 2.70. The van der Waals surface area contributed by atoms with Gasteiger partial charge in [0.2, 0.25) is 0 Å². The lowest BCUT2D eigenvalue weighted by Crippen LogP contribution is -2.41. The number of rotatable bonds is 8. The lowest BCUT2D eigenvalue weighted by Gasteiger charge is -2.25. The Morgan fingerprint density at radius 1 is 1.25 bits per heavy atom. The smallest absolute Gasteiger partial charge is 0.359 e. The molecule has 1 aromatic carbocycles. The molecule has 0 saturated heterocycles. The standard InChI is InChI=1S/C20H22N4O4/c1-3-13-24-18(25)11-10-17(22-24)20(27)28-15(2)19(26)23(14-7-12-21)16-8-5-4-6-9-16/h4-6,8-11,15H,3,7,13-14H2,1-2H3. The van der Waals surface area contributed by atoms with Gasteiger partial charge in [-0.3, -0.25) is 9.59 Å². The van der Waals surface area contributed by atoms with E-state index in [2.05, 4.69) is 5.10 Å². The van der Waals surface area contributed by atoms with Crippen molar-refractivity contribution in [2.75, 3.05) is 11.4 Å². The predicted molar refractivity (Wildman–Crippen MR) is 103 cm³/mol. The van der Waals surface area contributed by atoms with Crippen LogP contribution in [0.15, 0.2) is 47.3 Å². The van der Waals surface area contributed by atoms with E-state index < -0.39 is 18.0 Å². The lowest BCUT2D eigenvalue weighted by atomic mass is 10.2. The van der Waals surface area contributed by atoms with Crippen LogP contribution < -0.4 is 10.5 Å². The van der Waals surface area contributed by atoms with Crippen LogP contribution in [0.25, 0.3) is 0 Å². The zero-order valence-corrected chi connectivity index (χ0v) is 15.9. The van der Waals surface area contributed by atoms with Crippen LogP contribution in [-0.2, 0) is 16.1 Å². The van der Waals surface area contributed by atoms with E-state index in [0.717, 1.165) is 0 Å². The number of hydrogen-bond donors (Lipinski definition) is 0. The molecule has 2 aromatic rings. The Balaban J connectivity index is 2.15. The van der Waals surface area contributed by atoms with Crippen LogP contribution in [0, 0.1) is 11.3 Å². The number of ether oxygens (including phenoxy) is 1. The number of nitriles is 1. The Labute approximate surface area is 163 Å². The molecule has 1 aromatic heterocycles. The maximum Gasteiger partial charge on any atom is 0.359 e. The quantitative estimate of drug-likeness (QED) is 0.648. The highest BCUT2D eigenvalue weighted by molar-refractivity contribution is 5.98. The first-order valence-electron chi connectivity index (χ1n) is 9.00. The van der Waals surface area contributed by atoms with Crippen LogP contribution in [0.3, 0.4) is 0 Å². The van der Waals surface area contributed by atoms with Crippen LogP contribution in [0.4, 0.5) is 5.69 Å². The summed E-state index contributed by atoms with van der Waals surface area (Å²) in [5.74, 6) is -1.24. The first-order chi connectivity index (χ1) is 13.5. The highest BCUT2D eigenvalue weighted by Crippen LogP contribution is 2.16. The fraction of sp³-hybridized carbons (Fsp3) is 0.350. The molecule has 2 rings (SSSR count). The molecule has 8 nitrogen and oxygen atoms in total. The summed E-state index contributed by atoms with van der Waals surface area (Å²) in [5.41, 5.74) is 0.255. The first-order valence-corrected chi connectivity index (χ1v) is 9.00. The number of anilines is 1. The number of carbonyl (C=O) groups excluding carboxylic acids is 2. The van der Waals surface area contributed by atoms with E-state index in [4.69, 9.17) is 10.00 Å². The van der Waals surface area contributed by atoms with Crippen molar-refractivity contribution in [2.24, 2.45) is 0 Å². The van der Waals surface area contributed by atoms with E-state index in [1.807, 2.05) is 19.1 Å². The van der Waals surface area contributed by atoms with Crippen molar-refractivity contribution >= 4 is 17.6 Å². The van der Waals surface area contributed by atoms with Crippen molar-refractivity contribution in [3.05, 3.63) is 58.5 Å². The van der Waals surface area contributed by atoms with Gasteiger partial charge in [0.15, 0.2) is 11.8 Å². The minimum Gasteiger partial charge on any atom is -0.448 e. The molecule has 0 saturated carbocycles. The SMILES string of the molecule is CCCn1nc(C(=O)OC(C)C(=O)N(CCC#N)c2ccccc2)ccc1=O. The minimum atomic E-state index is -1.08. The van der Waals surface area contributed by atoms with Gasteiger partial charge in [-0.15, -0.1) is 0 Å². The van der Waals surface area contributed by atoms with Gasteiger partial charge in [0.05, 0.1) is 12.5 Å². The van der Waals surface area contributed by atoms with Crippen molar-refractivity contribution in [1.29, 1.82) is 5.26 Å². The van der Waals surface area contributed by atoms with Crippen molar-refractivity contribution in [2.45, 2.75) is 39.3 Å². The van der Waals surface area contributed by atoms with E-state index in [1.165, 1.54) is 28.6 Å². The van der Waals surface area contributed by atoms with Crippen molar-refractivity contribution < 1.29 is 14.3 Å². The molecule has 146 valence electrons. The Bertz CT molecular complexity index is 918. The molecule has 1 atom stereocenters. The number of aromatic nitrogens is 2. The van der Waals surface area contributed by atoms with Crippen molar-refractivity contribution in [3.63, 3.8) is 0 Å². The zero-order valence-electron chi connectivity index (χ0n) is 15.9. The maximum atomic E-state index is 12.8. The van der Waals surface area contributed by atoms with Gasteiger partial charge in [0, 0.05) is 24.8 Å². The third-order valence-electron chi connectivity index (χ3n) is 3.92. The topological polar surface area (TPSA) is 105 Å². The van der Waals surface area contributed by atoms with E-state index >= 15 is 0 Å². The number of amides is 1. The number of para-hydroxylation sites is 1. The van der Waals surface area contributed by atoms with Gasteiger partial charge in [-0.05, 0) is 31.5 Å². The Morgan fingerprint density at radius 2 is 1.96 bits per heavy atom. The summed E-state index contributed by atoms with van der Waals surface area (Å²) >= 11 is 0. The molecule has 8 heteroatoms. The molecule has 1 unspecified atom stereocenters. The Morgan fingerprint density at radius 3 is 2.61 bits per heavy atom. The number of esters is 1. The second kappa shape index (κ2) is 10.0. The van der Waals surface area contributed by atoms with E-state index in [9.17, 15) is 14.4 Å². The largest absolute Gasteiger partial charge is 0.448 e. The molecule has 0 aliphatic rings.